The average molecular weight is 375 g/mol. The summed E-state index contributed by atoms with van der Waals surface area (Å²) in [7, 11) is 0. The van der Waals surface area contributed by atoms with Crippen LogP contribution < -0.4 is 0 Å². The van der Waals surface area contributed by atoms with Crippen LogP contribution in [0.3, 0.4) is 0 Å². The summed E-state index contributed by atoms with van der Waals surface area (Å²) in [5.41, 5.74) is 1.09. The third kappa shape index (κ3) is 3.57. The molecule has 23 heavy (non-hydrogen) atoms. The Balaban J connectivity index is 1.67. The van der Waals surface area contributed by atoms with Gasteiger partial charge in [0.05, 0.1) is 11.1 Å². The Morgan fingerprint density at radius 1 is 1.13 bits per heavy atom. The second kappa shape index (κ2) is 6.62. The van der Waals surface area contributed by atoms with Crippen molar-refractivity contribution >= 4 is 21.9 Å². The third-order valence-corrected chi connectivity index (χ3v) is 3.69. The normalized spacial score (nSPS) is 10.5. The van der Waals surface area contributed by atoms with Crippen molar-refractivity contribution in [3.8, 4) is 17.2 Å². The summed E-state index contributed by atoms with van der Waals surface area (Å²) in [5.74, 6) is 0.0817. The Kier molecular flexibility index (Phi) is 4.38. The van der Waals surface area contributed by atoms with Crippen LogP contribution >= 0.6 is 15.9 Å². The minimum atomic E-state index is -0.536. The standard InChI is InChI=1S/C16H11BrN2O4/c17-13-4-2-1-3-12(13)15-19-18-14(23-15)9-22-16(21)10-5-7-11(20)8-6-10/h1-8,20H,9H2. The first-order valence-electron chi connectivity index (χ1n) is 6.67. The number of hydrogen-bond acceptors (Lipinski definition) is 6. The molecular formula is C16H11BrN2O4. The Labute approximate surface area is 139 Å². The maximum absolute atomic E-state index is 11.9. The van der Waals surface area contributed by atoms with Gasteiger partial charge in [-0.2, -0.15) is 0 Å². The molecule has 0 radical (unpaired) electrons. The molecule has 3 rings (SSSR count). The predicted molar refractivity (Wildman–Crippen MR) is 84.7 cm³/mol. The zero-order valence-corrected chi connectivity index (χ0v) is 13.4. The molecular weight excluding hydrogens is 364 g/mol. The monoisotopic (exact) mass is 374 g/mol. The van der Waals surface area contributed by atoms with E-state index < -0.39 is 5.97 Å². The molecule has 0 spiro atoms. The van der Waals surface area contributed by atoms with Crippen molar-refractivity contribution < 1.29 is 19.1 Å². The van der Waals surface area contributed by atoms with Gasteiger partial charge in [-0.15, -0.1) is 10.2 Å². The van der Waals surface area contributed by atoms with Crippen LogP contribution in [0.2, 0.25) is 0 Å². The number of carbonyl (C=O) groups excluding carboxylic acids is 1. The van der Waals surface area contributed by atoms with Crippen LogP contribution in [-0.4, -0.2) is 21.3 Å². The molecule has 1 N–H and O–H groups in total. The zero-order chi connectivity index (χ0) is 16.2. The van der Waals surface area contributed by atoms with E-state index in [1.807, 2.05) is 24.3 Å². The summed E-state index contributed by atoms with van der Waals surface area (Å²) < 4.78 is 11.4. The van der Waals surface area contributed by atoms with Gasteiger partial charge in [-0.25, -0.2) is 4.79 Å². The number of rotatable bonds is 4. The van der Waals surface area contributed by atoms with Gasteiger partial charge >= 0.3 is 5.97 Å². The summed E-state index contributed by atoms with van der Waals surface area (Å²) in [5, 5.41) is 17.0. The number of hydrogen-bond donors (Lipinski definition) is 1. The molecule has 6 nitrogen and oxygen atoms in total. The lowest BCUT2D eigenvalue weighted by Crippen LogP contribution is -2.05. The lowest BCUT2D eigenvalue weighted by atomic mass is 10.2. The number of ether oxygens (including phenoxy) is 1. The number of phenols is 1. The van der Waals surface area contributed by atoms with Crippen LogP contribution in [0.15, 0.2) is 57.4 Å². The number of aromatic nitrogens is 2. The van der Waals surface area contributed by atoms with Crippen LogP contribution in [0.25, 0.3) is 11.5 Å². The third-order valence-electron chi connectivity index (χ3n) is 3.00. The molecule has 1 aromatic heterocycles. The molecule has 0 saturated carbocycles. The number of nitrogens with zero attached hydrogens (tertiary/aromatic N) is 2. The maximum Gasteiger partial charge on any atom is 0.338 e. The fourth-order valence-corrected chi connectivity index (χ4v) is 2.32. The minimum Gasteiger partial charge on any atom is -0.508 e. The SMILES string of the molecule is O=C(OCc1nnc(-c2ccccc2Br)o1)c1ccc(O)cc1. The van der Waals surface area contributed by atoms with E-state index in [1.54, 1.807) is 0 Å². The first kappa shape index (κ1) is 15.2. The molecule has 0 amide bonds. The van der Waals surface area contributed by atoms with E-state index >= 15 is 0 Å². The summed E-state index contributed by atoms with van der Waals surface area (Å²) in [6.07, 6.45) is 0. The van der Waals surface area contributed by atoms with Crippen molar-refractivity contribution in [3.05, 3.63) is 64.5 Å². The molecule has 0 unspecified atom stereocenters. The van der Waals surface area contributed by atoms with Crippen molar-refractivity contribution in [2.45, 2.75) is 6.61 Å². The molecule has 3 aromatic rings. The van der Waals surface area contributed by atoms with Gasteiger partial charge in [-0.05, 0) is 52.3 Å². The van der Waals surface area contributed by atoms with Crippen molar-refractivity contribution in [2.24, 2.45) is 0 Å². The number of benzene rings is 2. The highest BCUT2D eigenvalue weighted by molar-refractivity contribution is 9.10. The van der Waals surface area contributed by atoms with Gasteiger partial charge in [-0.3, -0.25) is 0 Å². The Morgan fingerprint density at radius 3 is 2.61 bits per heavy atom. The van der Waals surface area contributed by atoms with E-state index in [4.69, 9.17) is 9.15 Å². The molecule has 0 atom stereocenters. The highest BCUT2D eigenvalue weighted by Crippen LogP contribution is 2.26. The number of phenolic OH excluding ortho intramolecular Hbond substituents is 1. The quantitative estimate of drug-likeness (QED) is 0.702. The second-order valence-corrected chi connectivity index (χ2v) is 5.46. The molecule has 0 saturated heterocycles. The minimum absolute atomic E-state index is 0.0801. The summed E-state index contributed by atoms with van der Waals surface area (Å²) in [6, 6.07) is 13.2. The largest absolute Gasteiger partial charge is 0.508 e. The second-order valence-electron chi connectivity index (χ2n) is 4.60. The number of aromatic hydroxyl groups is 1. The van der Waals surface area contributed by atoms with Gasteiger partial charge < -0.3 is 14.3 Å². The van der Waals surface area contributed by atoms with Crippen molar-refractivity contribution in [1.82, 2.24) is 10.2 Å². The van der Waals surface area contributed by atoms with Crippen LogP contribution in [-0.2, 0) is 11.3 Å². The van der Waals surface area contributed by atoms with Gasteiger partial charge in [0.15, 0.2) is 6.61 Å². The first-order valence-corrected chi connectivity index (χ1v) is 7.46. The molecule has 0 aliphatic heterocycles. The van der Waals surface area contributed by atoms with Crippen LogP contribution in [0, 0.1) is 0 Å². The lowest BCUT2D eigenvalue weighted by molar-refractivity contribution is 0.0438. The van der Waals surface area contributed by atoms with Crippen molar-refractivity contribution in [3.63, 3.8) is 0 Å². The topological polar surface area (TPSA) is 85.5 Å². The highest BCUT2D eigenvalue weighted by atomic mass is 79.9. The van der Waals surface area contributed by atoms with Gasteiger partial charge in [-0.1, -0.05) is 12.1 Å². The number of halogens is 1. The first-order chi connectivity index (χ1) is 11.1. The molecule has 1 heterocycles. The molecule has 116 valence electrons. The van der Waals surface area contributed by atoms with E-state index in [0.29, 0.717) is 11.5 Å². The van der Waals surface area contributed by atoms with Crippen LogP contribution in [0.5, 0.6) is 5.75 Å². The fourth-order valence-electron chi connectivity index (χ4n) is 1.86. The van der Waals surface area contributed by atoms with Gasteiger partial charge in [0, 0.05) is 4.47 Å². The number of carbonyl (C=O) groups is 1. The van der Waals surface area contributed by atoms with Crippen LogP contribution in [0.4, 0.5) is 0 Å². The highest BCUT2D eigenvalue weighted by Gasteiger charge is 2.13. The molecule has 0 fully saturated rings. The van der Waals surface area contributed by atoms with Gasteiger partial charge in [0.1, 0.15) is 5.75 Å². The summed E-state index contributed by atoms with van der Waals surface area (Å²) >= 11 is 3.41. The molecule has 0 bridgehead atoms. The predicted octanol–water partition coefficient (Wildman–Crippen LogP) is 3.56. The molecule has 2 aromatic carbocycles. The van der Waals surface area contributed by atoms with E-state index in [-0.39, 0.29) is 18.2 Å². The smallest absolute Gasteiger partial charge is 0.338 e. The lowest BCUT2D eigenvalue weighted by Gasteiger charge is -2.02. The van der Waals surface area contributed by atoms with Crippen molar-refractivity contribution in [1.29, 1.82) is 0 Å². The Hall–Kier alpha value is -2.67. The van der Waals surface area contributed by atoms with E-state index in [0.717, 1.165) is 10.0 Å². The van der Waals surface area contributed by atoms with Gasteiger partial charge in [0.25, 0.3) is 5.89 Å². The molecule has 7 heteroatoms. The average Bonchev–Trinajstić information content (AvgIpc) is 3.02. The Morgan fingerprint density at radius 2 is 1.87 bits per heavy atom. The van der Waals surface area contributed by atoms with E-state index in [9.17, 15) is 9.90 Å². The van der Waals surface area contributed by atoms with E-state index in [2.05, 4.69) is 26.1 Å². The zero-order valence-electron chi connectivity index (χ0n) is 11.8. The van der Waals surface area contributed by atoms with Crippen molar-refractivity contribution in [2.75, 3.05) is 0 Å². The number of esters is 1. The van der Waals surface area contributed by atoms with Gasteiger partial charge in [0.2, 0.25) is 5.89 Å². The molecule has 0 aliphatic rings. The van der Waals surface area contributed by atoms with Crippen LogP contribution in [0.1, 0.15) is 16.2 Å². The fraction of sp³-hybridized carbons (Fsp3) is 0.0625. The Bertz CT molecular complexity index is 830. The maximum atomic E-state index is 11.9. The van der Waals surface area contributed by atoms with E-state index in [1.165, 1.54) is 24.3 Å². The summed E-state index contributed by atoms with van der Waals surface area (Å²) in [4.78, 5) is 11.9. The molecule has 0 aliphatic carbocycles. The summed E-state index contributed by atoms with van der Waals surface area (Å²) in [6.45, 7) is -0.128.